The molecule has 0 heterocycles. The van der Waals surface area contributed by atoms with E-state index in [4.69, 9.17) is 0 Å². The molecule has 0 bridgehead atoms. The molecule has 1 saturated carbocycles. The van der Waals surface area contributed by atoms with Crippen LogP contribution in [0.4, 0.5) is 8.78 Å². The molecule has 5 heteroatoms. The number of amides is 1. The molecular weight excluding hydrogens is 240 g/mol. The SMILES string of the molecule is Cc1ccc(C(=O)N[C@@H]2CCC(F)(F)[C@H]2O)cc1. The Balaban J connectivity index is 2.02. The third kappa shape index (κ3) is 2.51. The second-order valence-electron chi connectivity index (χ2n) is 4.69. The number of rotatable bonds is 2. The molecule has 1 aliphatic rings. The van der Waals surface area contributed by atoms with Gasteiger partial charge in [-0.1, -0.05) is 17.7 Å². The highest BCUT2D eigenvalue weighted by Gasteiger charge is 2.49. The first-order valence-electron chi connectivity index (χ1n) is 5.83. The molecule has 2 N–H and O–H groups in total. The van der Waals surface area contributed by atoms with Gasteiger partial charge in [-0.3, -0.25) is 4.79 Å². The summed E-state index contributed by atoms with van der Waals surface area (Å²) in [5.74, 6) is -3.54. The van der Waals surface area contributed by atoms with E-state index in [9.17, 15) is 18.7 Å². The quantitative estimate of drug-likeness (QED) is 0.847. The van der Waals surface area contributed by atoms with Gasteiger partial charge < -0.3 is 10.4 Å². The van der Waals surface area contributed by atoms with E-state index in [2.05, 4.69) is 5.32 Å². The van der Waals surface area contributed by atoms with Crippen LogP contribution < -0.4 is 5.32 Å². The molecule has 98 valence electrons. The van der Waals surface area contributed by atoms with Crippen LogP contribution in [0.3, 0.4) is 0 Å². The average molecular weight is 255 g/mol. The molecule has 0 aromatic heterocycles. The van der Waals surface area contributed by atoms with Crippen LogP contribution in [0.15, 0.2) is 24.3 Å². The fourth-order valence-electron chi connectivity index (χ4n) is 2.06. The van der Waals surface area contributed by atoms with Crippen molar-refractivity contribution in [2.75, 3.05) is 0 Å². The number of hydrogen-bond donors (Lipinski definition) is 2. The Morgan fingerprint density at radius 2 is 2.00 bits per heavy atom. The lowest BCUT2D eigenvalue weighted by atomic mass is 10.1. The maximum atomic E-state index is 13.1. The fraction of sp³-hybridized carbons (Fsp3) is 0.462. The Hall–Kier alpha value is -1.49. The van der Waals surface area contributed by atoms with E-state index < -0.39 is 30.4 Å². The number of alkyl halides is 2. The largest absolute Gasteiger partial charge is 0.385 e. The van der Waals surface area contributed by atoms with Crippen molar-refractivity contribution in [2.24, 2.45) is 0 Å². The fourth-order valence-corrected chi connectivity index (χ4v) is 2.06. The first kappa shape index (κ1) is 13.0. The van der Waals surface area contributed by atoms with Crippen molar-refractivity contribution in [2.45, 2.75) is 37.8 Å². The van der Waals surface area contributed by atoms with Crippen LogP contribution in [0.2, 0.25) is 0 Å². The molecule has 1 aromatic rings. The van der Waals surface area contributed by atoms with Crippen molar-refractivity contribution in [3.8, 4) is 0 Å². The number of halogens is 2. The Labute approximate surface area is 104 Å². The van der Waals surface area contributed by atoms with Crippen molar-refractivity contribution in [1.29, 1.82) is 0 Å². The predicted octanol–water partition coefficient (Wildman–Crippen LogP) is 1.88. The zero-order valence-electron chi connectivity index (χ0n) is 9.99. The van der Waals surface area contributed by atoms with E-state index in [1.54, 1.807) is 24.3 Å². The van der Waals surface area contributed by atoms with Crippen LogP contribution in [0, 0.1) is 6.92 Å². The lowest BCUT2D eigenvalue weighted by Crippen LogP contribution is -2.45. The number of aliphatic hydroxyl groups excluding tert-OH is 1. The van der Waals surface area contributed by atoms with Gasteiger partial charge in [-0.05, 0) is 25.5 Å². The van der Waals surface area contributed by atoms with Gasteiger partial charge in [0.2, 0.25) is 0 Å². The minimum absolute atomic E-state index is 0.0891. The minimum Gasteiger partial charge on any atom is -0.385 e. The highest BCUT2D eigenvalue weighted by Crippen LogP contribution is 2.35. The minimum atomic E-state index is -3.11. The maximum absolute atomic E-state index is 13.1. The molecule has 1 aliphatic carbocycles. The van der Waals surface area contributed by atoms with Crippen molar-refractivity contribution in [3.05, 3.63) is 35.4 Å². The highest BCUT2D eigenvalue weighted by molar-refractivity contribution is 5.94. The van der Waals surface area contributed by atoms with E-state index in [0.29, 0.717) is 5.56 Å². The molecule has 2 rings (SSSR count). The summed E-state index contributed by atoms with van der Waals surface area (Å²) in [6, 6.07) is 5.92. The number of benzene rings is 1. The van der Waals surface area contributed by atoms with Crippen LogP contribution in [0.25, 0.3) is 0 Å². The van der Waals surface area contributed by atoms with Gasteiger partial charge in [0, 0.05) is 12.0 Å². The van der Waals surface area contributed by atoms with E-state index in [1.165, 1.54) is 0 Å². The number of nitrogens with one attached hydrogen (secondary N) is 1. The van der Waals surface area contributed by atoms with E-state index in [1.807, 2.05) is 6.92 Å². The van der Waals surface area contributed by atoms with Gasteiger partial charge in [-0.25, -0.2) is 8.78 Å². The third-order valence-corrected chi connectivity index (χ3v) is 3.23. The molecule has 0 aliphatic heterocycles. The van der Waals surface area contributed by atoms with E-state index >= 15 is 0 Å². The molecule has 18 heavy (non-hydrogen) atoms. The average Bonchev–Trinajstić information content (AvgIpc) is 2.57. The summed E-state index contributed by atoms with van der Waals surface area (Å²) in [6.45, 7) is 1.89. The predicted molar refractivity (Wildman–Crippen MR) is 62.6 cm³/mol. The Morgan fingerprint density at radius 3 is 2.50 bits per heavy atom. The summed E-state index contributed by atoms with van der Waals surface area (Å²) in [5.41, 5.74) is 1.42. The first-order chi connectivity index (χ1) is 8.40. The van der Waals surface area contributed by atoms with Crippen LogP contribution in [-0.4, -0.2) is 29.1 Å². The molecule has 1 amide bonds. The highest BCUT2D eigenvalue weighted by atomic mass is 19.3. The van der Waals surface area contributed by atoms with Gasteiger partial charge >= 0.3 is 0 Å². The second-order valence-corrected chi connectivity index (χ2v) is 4.69. The molecule has 0 spiro atoms. The Bertz CT molecular complexity index is 445. The van der Waals surface area contributed by atoms with Crippen molar-refractivity contribution in [3.63, 3.8) is 0 Å². The summed E-state index contributed by atoms with van der Waals surface area (Å²) >= 11 is 0. The summed E-state index contributed by atoms with van der Waals surface area (Å²) in [4.78, 5) is 11.8. The number of aliphatic hydroxyl groups is 1. The van der Waals surface area contributed by atoms with Crippen LogP contribution in [-0.2, 0) is 0 Å². The van der Waals surface area contributed by atoms with E-state index in [-0.39, 0.29) is 6.42 Å². The van der Waals surface area contributed by atoms with Crippen LogP contribution in [0.5, 0.6) is 0 Å². The van der Waals surface area contributed by atoms with Crippen LogP contribution in [0.1, 0.15) is 28.8 Å². The molecule has 1 fully saturated rings. The monoisotopic (exact) mass is 255 g/mol. The van der Waals surface area contributed by atoms with Gasteiger partial charge in [0.1, 0.15) is 6.10 Å². The van der Waals surface area contributed by atoms with Gasteiger partial charge in [-0.2, -0.15) is 0 Å². The summed E-state index contributed by atoms with van der Waals surface area (Å²) in [6.07, 6.45) is -2.11. The lowest BCUT2D eigenvalue weighted by molar-refractivity contribution is -0.0911. The van der Waals surface area contributed by atoms with Gasteiger partial charge in [0.25, 0.3) is 11.8 Å². The topological polar surface area (TPSA) is 49.3 Å². The molecule has 0 saturated heterocycles. The number of carbonyl (C=O) groups is 1. The van der Waals surface area contributed by atoms with Gasteiger partial charge in [0.05, 0.1) is 6.04 Å². The molecule has 2 atom stereocenters. The lowest BCUT2D eigenvalue weighted by Gasteiger charge is -2.19. The Kier molecular flexibility index (Phi) is 3.34. The molecule has 3 nitrogen and oxygen atoms in total. The van der Waals surface area contributed by atoms with Crippen molar-refractivity contribution in [1.82, 2.24) is 5.32 Å². The maximum Gasteiger partial charge on any atom is 0.275 e. The summed E-state index contributed by atoms with van der Waals surface area (Å²) in [5, 5.41) is 11.8. The number of aryl methyl sites for hydroxylation is 1. The van der Waals surface area contributed by atoms with E-state index in [0.717, 1.165) is 5.56 Å². The standard InChI is InChI=1S/C13H15F2NO2/c1-8-2-4-9(5-3-8)12(18)16-10-6-7-13(14,15)11(10)17/h2-5,10-11,17H,6-7H2,1H3,(H,16,18)/t10-,11+/m1/s1. The number of carbonyl (C=O) groups excluding carboxylic acids is 1. The second kappa shape index (κ2) is 4.65. The Morgan fingerprint density at radius 1 is 1.39 bits per heavy atom. The molecular formula is C13H15F2NO2. The first-order valence-corrected chi connectivity index (χ1v) is 5.83. The molecule has 0 radical (unpaired) electrons. The summed E-state index contributed by atoms with van der Waals surface area (Å²) < 4.78 is 26.2. The molecule has 0 unspecified atom stereocenters. The summed E-state index contributed by atoms with van der Waals surface area (Å²) in [7, 11) is 0. The zero-order valence-corrected chi connectivity index (χ0v) is 9.99. The number of hydrogen-bond acceptors (Lipinski definition) is 2. The van der Waals surface area contributed by atoms with Gasteiger partial charge in [0.15, 0.2) is 0 Å². The van der Waals surface area contributed by atoms with Crippen molar-refractivity contribution >= 4 is 5.91 Å². The van der Waals surface area contributed by atoms with Gasteiger partial charge in [-0.15, -0.1) is 0 Å². The third-order valence-electron chi connectivity index (χ3n) is 3.23. The normalized spacial score (nSPS) is 26.0. The zero-order chi connectivity index (χ0) is 13.3. The molecule has 1 aromatic carbocycles. The van der Waals surface area contributed by atoms with Crippen molar-refractivity contribution < 1.29 is 18.7 Å². The smallest absolute Gasteiger partial charge is 0.275 e. The van der Waals surface area contributed by atoms with Crippen LogP contribution >= 0.6 is 0 Å².